The zero-order chi connectivity index (χ0) is 20.6. The van der Waals surface area contributed by atoms with Crippen LogP contribution in [0.5, 0.6) is 17.2 Å². The van der Waals surface area contributed by atoms with Gasteiger partial charge in [0.2, 0.25) is 10.0 Å². The molecule has 0 radical (unpaired) electrons. The molecule has 0 aliphatic carbocycles. The van der Waals surface area contributed by atoms with E-state index in [4.69, 9.17) is 14.2 Å². The van der Waals surface area contributed by atoms with E-state index in [-0.39, 0.29) is 18.8 Å². The highest BCUT2D eigenvalue weighted by molar-refractivity contribution is 7.89. The third-order valence-electron chi connectivity index (χ3n) is 3.95. The molecule has 2 aromatic rings. The van der Waals surface area contributed by atoms with Crippen molar-refractivity contribution in [2.75, 3.05) is 33.6 Å². The summed E-state index contributed by atoms with van der Waals surface area (Å²) in [5, 5.41) is 2.58. The van der Waals surface area contributed by atoms with Gasteiger partial charge in [-0.1, -0.05) is 18.2 Å². The highest BCUT2D eigenvalue weighted by Crippen LogP contribution is 2.22. The first kappa shape index (κ1) is 21.5. The molecule has 2 rings (SSSR count). The van der Waals surface area contributed by atoms with Crippen molar-refractivity contribution in [1.29, 1.82) is 0 Å². The zero-order valence-corrected chi connectivity index (χ0v) is 16.8. The van der Waals surface area contributed by atoms with Gasteiger partial charge >= 0.3 is 0 Å². The van der Waals surface area contributed by atoms with Gasteiger partial charge in [0, 0.05) is 30.3 Å². The van der Waals surface area contributed by atoms with E-state index in [0.29, 0.717) is 22.8 Å². The SMILES string of the molecule is COc1cc(OC)cc(C(=O)NCCS(=O)(=O)NCc2ccccc2OC)c1. The summed E-state index contributed by atoms with van der Waals surface area (Å²) in [6.07, 6.45) is 0. The molecule has 0 bridgehead atoms. The molecule has 0 unspecified atom stereocenters. The first-order chi connectivity index (χ1) is 13.4. The van der Waals surface area contributed by atoms with Crippen LogP contribution in [0, 0.1) is 0 Å². The van der Waals surface area contributed by atoms with Gasteiger partial charge in [-0.15, -0.1) is 0 Å². The minimum Gasteiger partial charge on any atom is -0.497 e. The predicted octanol–water partition coefficient (Wildman–Crippen LogP) is 1.56. The van der Waals surface area contributed by atoms with Gasteiger partial charge in [0.05, 0.1) is 27.1 Å². The third-order valence-corrected chi connectivity index (χ3v) is 5.27. The second kappa shape index (κ2) is 9.95. The summed E-state index contributed by atoms with van der Waals surface area (Å²) in [5.74, 6) is 0.864. The molecule has 2 aromatic carbocycles. The van der Waals surface area contributed by atoms with Crippen molar-refractivity contribution in [3.05, 3.63) is 53.6 Å². The summed E-state index contributed by atoms with van der Waals surface area (Å²) in [6, 6.07) is 11.9. The average molecular weight is 408 g/mol. The van der Waals surface area contributed by atoms with Gasteiger partial charge in [0.15, 0.2) is 0 Å². The molecule has 28 heavy (non-hydrogen) atoms. The lowest BCUT2D eigenvalue weighted by Gasteiger charge is -2.11. The molecule has 0 aliphatic heterocycles. The lowest BCUT2D eigenvalue weighted by molar-refractivity contribution is 0.0955. The van der Waals surface area contributed by atoms with Gasteiger partial charge in [0.1, 0.15) is 17.2 Å². The second-order valence-corrected chi connectivity index (χ2v) is 7.74. The van der Waals surface area contributed by atoms with Gasteiger partial charge < -0.3 is 19.5 Å². The van der Waals surface area contributed by atoms with Crippen LogP contribution in [0.4, 0.5) is 0 Å². The van der Waals surface area contributed by atoms with E-state index in [1.165, 1.54) is 21.3 Å². The maximum absolute atomic E-state index is 12.3. The van der Waals surface area contributed by atoms with Gasteiger partial charge in [-0.2, -0.15) is 0 Å². The van der Waals surface area contributed by atoms with Gasteiger partial charge in [0.25, 0.3) is 5.91 Å². The molecule has 9 heteroatoms. The highest BCUT2D eigenvalue weighted by Gasteiger charge is 2.14. The van der Waals surface area contributed by atoms with E-state index >= 15 is 0 Å². The van der Waals surface area contributed by atoms with E-state index in [1.807, 2.05) is 0 Å². The molecule has 8 nitrogen and oxygen atoms in total. The Morgan fingerprint density at radius 1 is 0.964 bits per heavy atom. The minimum absolute atomic E-state index is 0.0420. The number of methoxy groups -OCH3 is 3. The Hall–Kier alpha value is -2.78. The summed E-state index contributed by atoms with van der Waals surface area (Å²) in [5.41, 5.74) is 1.04. The topological polar surface area (TPSA) is 103 Å². The van der Waals surface area contributed by atoms with Crippen LogP contribution in [0.3, 0.4) is 0 Å². The number of para-hydroxylation sites is 1. The van der Waals surface area contributed by atoms with Crippen LogP contribution in [-0.2, 0) is 16.6 Å². The van der Waals surface area contributed by atoms with Crippen molar-refractivity contribution in [2.45, 2.75) is 6.54 Å². The van der Waals surface area contributed by atoms with Crippen molar-refractivity contribution >= 4 is 15.9 Å². The van der Waals surface area contributed by atoms with E-state index in [1.54, 1.807) is 42.5 Å². The number of hydrogen-bond acceptors (Lipinski definition) is 6. The molecule has 2 N–H and O–H groups in total. The quantitative estimate of drug-likeness (QED) is 0.619. The summed E-state index contributed by atoms with van der Waals surface area (Å²) in [4.78, 5) is 12.3. The Bertz CT molecular complexity index is 892. The number of amides is 1. The number of rotatable bonds is 10. The lowest BCUT2D eigenvalue weighted by Crippen LogP contribution is -2.34. The van der Waals surface area contributed by atoms with Gasteiger partial charge in [-0.25, -0.2) is 13.1 Å². The Morgan fingerprint density at radius 3 is 2.21 bits per heavy atom. The monoisotopic (exact) mass is 408 g/mol. The molecule has 1 amide bonds. The summed E-state index contributed by atoms with van der Waals surface area (Å²) < 4.78 is 42.3. The lowest BCUT2D eigenvalue weighted by atomic mass is 10.2. The minimum atomic E-state index is -3.58. The maximum atomic E-state index is 12.3. The van der Waals surface area contributed by atoms with Gasteiger partial charge in [-0.05, 0) is 18.2 Å². The van der Waals surface area contributed by atoms with E-state index in [2.05, 4.69) is 10.0 Å². The number of ether oxygens (including phenoxy) is 3. The number of nitrogens with one attached hydrogen (secondary N) is 2. The average Bonchev–Trinajstić information content (AvgIpc) is 2.71. The molecule has 0 spiro atoms. The highest BCUT2D eigenvalue weighted by atomic mass is 32.2. The van der Waals surface area contributed by atoms with Crippen molar-refractivity contribution in [3.8, 4) is 17.2 Å². The van der Waals surface area contributed by atoms with Crippen molar-refractivity contribution in [2.24, 2.45) is 0 Å². The molecule has 0 fully saturated rings. The van der Waals surface area contributed by atoms with Crippen LogP contribution < -0.4 is 24.2 Å². The predicted molar refractivity (Wildman–Crippen MR) is 105 cm³/mol. The Labute approximate surface area is 164 Å². The second-order valence-electron chi connectivity index (χ2n) is 5.81. The van der Waals surface area contributed by atoms with Crippen LogP contribution in [0.25, 0.3) is 0 Å². The summed E-state index contributed by atoms with van der Waals surface area (Å²) >= 11 is 0. The molecule has 0 heterocycles. The van der Waals surface area contributed by atoms with E-state index in [0.717, 1.165) is 5.56 Å². The Kier molecular flexibility index (Phi) is 7.65. The number of benzene rings is 2. The third kappa shape index (κ3) is 6.14. The van der Waals surface area contributed by atoms with Crippen LogP contribution >= 0.6 is 0 Å². The van der Waals surface area contributed by atoms with Crippen LogP contribution in [-0.4, -0.2) is 48.0 Å². The van der Waals surface area contributed by atoms with Crippen LogP contribution in [0.1, 0.15) is 15.9 Å². The number of carbonyl (C=O) groups is 1. The van der Waals surface area contributed by atoms with E-state index in [9.17, 15) is 13.2 Å². The number of carbonyl (C=O) groups excluding carboxylic acids is 1. The number of sulfonamides is 1. The molecule has 152 valence electrons. The summed E-state index contributed by atoms with van der Waals surface area (Å²) in [7, 11) is 0.911. The normalized spacial score (nSPS) is 11.0. The molecule has 0 aromatic heterocycles. The fraction of sp³-hybridized carbons (Fsp3) is 0.316. The first-order valence-electron chi connectivity index (χ1n) is 8.49. The molecule has 0 atom stereocenters. The largest absolute Gasteiger partial charge is 0.497 e. The van der Waals surface area contributed by atoms with Crippen molar-refractivity contribution < 1.29 is 27.4 Å². The standard InChI is InChI=1S/C19H24N2O6S/c1-25-16-10-15(11-17(12-16)26-2)19(22)20-8-9-28(23,24)21-13-14-6-4-5-7-18(14)27-3/h4-7,10-12,21H,8-9,13H2,1-3H3,(H,20,22). The summed E-state index contributed by atoms with van der Waals surface area (Å²) in [6.45, 7) is 0.0625. The maximum Gasteiger partial charge on any atom is 0.251 e. The fourth-order valence-electron chi connectivity index (χ4n) is 2.45. The molecular formula is C19H24N2O6S. The van der Waals surface area contributed by atoms with Crippen molar-refractivity contribution in [3.63, 3.8) is 0 Å². The van der Waals surface area contributed by atoms with Gasteiger partial charge in [-0.3, -0.25) is 4.79 Å². The van der Waals surface area contributed by atoms with Crippen LogP contribution in [0.2, 0.25) is 0 Å². The number of hydrogen-bond donors (Lipinski definition) is 2. The smallest absolute Gasteiger partial charge is 0.251 e. The Balaban J connectivity index is 1.90. The zero-order valence-electron chi connectivity index (χ0n) is 16.0. The van der Waals surface area contributed by atoms with Crippen LogP contribution in [0.15, 0.2) is 42.5 Å². The van der Waals surface area contributed by atoms with Crippen molar-refractivity contribution in [1.82, 2.24) is 10.0 Å². The molecule has 0 aliphatic rings. The fourth-order valence-corrected chi connectivity index (χ4v) is 3.34. The van der Waals surface area contributed by atoms with E-state index < -0.39 is 15.9 Å². The Morgan fingerprint density at radius 2 is 1.61 bits per heavy atom. The first-order valence-corrected chi connectivity index (χ1v) is 10.1. The molecule has 0 saturated carbocycles. The molecule has 0 saturated heterocycles. The molecular weight excluding hydrogens is 384 g/mol.